The zero-order chi connectivity index (χ0) is 20.1. The molecule has 1 heterocycles. The molecule has 0 aliphatic carbocycles. The lowest BCUT2D eigenvalue weighted by molar-refractivity contribution is -0.123. The van der Waals surface area contributed by atoms with Gasteiger partial charge in [0.05, 0.1) is 5.56 Å². The smallest absolute Gasteiger partial charge is 0.258 e. The molecule has 2 aromatic carbocycles. The highest BCUT2D eigenvalue weighted by molar-refractivity contribution is 6.01. The van der Waals surface area contributed by atoms with E-state index in [1.165, 1.54) is 0 Å². The summed E-state index contributed by atoms with van der Waals surface area (Å²) in [6, 6.07) is 11.3. The van der Waals surface area contributed by atoms with Crippen LogP contribution in [0.2, 0.25) is 0 Å². The van der Waals surface area contributed by atoms with Gasteiger partial charge < -0.3 is 19.9 Å². The van der Waals surface area contributed by atoms with Crippen LogP contribution in [0.3, 0.4) is 0 Å². The van der Waals surface area contributed by atoms with Crippen molar-refractivity contribution in [1.29, 1.82) is 0 Å². The molecule has 7 nitrogen and oxygen atoms in total. The molecule has 0 radical (unpaired) electrons. The highest BCUT2D eigenvalue weighted by Crippen LogP contribution is 2.27. The zero-order valence-electron chi connectivity index (χ0n) is 16.2. The molecule has 1 saturated heterocycles. The molecular weight excluding hydrogens is 358 g/mol. The maximum Gasteiger partial charge on any atom is 0.258 e. The van der Waals surface area contributed by atoms with Crippen molar-refractivity contribution in [2.45, 2.75) is 19.9 Å². The lowest BCUT2D eigenvalue weighted by Crippen LogP contribution is -2.48. The van der Waals surface area contributed by atoms with Crippen LogP contribution in [0.15, 0.2) is 36.4 Å². The number of nitrogens with one attached hydrogen (secondary N) is 1. The van der Waals surface area contributed by atoms with Crippen molar-refractivity contribution in [3.8, 4) is 5.75 Å². The largest absolute Gasteiger partial charge is 0.483 e. The highest BCUT2D eigenvalue weighted by Gasteiger charge is 2.24. The quantitative estimate of drug-likeness (QED) is 0.770. The molecular formula is C21H25N3O4. The van der Waals surface area contributed by atoms with Gasteiger partial charge in [-0.1, -0.05) is 24.3 Å². The number of carbonyl (C=O) groups is 3. The average molecular weight is 383 g/mol. The van der Waals surface area contributed by atoms with E-state index in [1.54, 1.807) is 21.9 Å². The predicted molar refractivity (Wildman–Crippen MR) is 106 cm³/mol. The van der Waals surface area contributed by atoms with Crippen LogP contribution >= 0.6 is 0 Å². The van der Waals surface area contributed by atoms with Crippen molar-refractivity contribution in [1.82, 2.24) is 15.1 Å². The van der Waals surface area contributed by atoms with Crippen molar-refractivity contribution < 1.29 is 19.1 Å². The maximum atomic E-state index is 13.1. The molecule has 1 aliphatic heterocycles. The summed E-state index contributed by atoms with van der Waals surface area (Å²) in [6.07, 6.45) is 0.805. The summed E-state index contributed by atoms with van der Waals surface area (Å²) in [5, 5.41) is 4.64. The second kappa shape index (κ2) is 8.73. The highest BCUT2D eigenvalue weighted by atomic mass is 16.5. The second-order valence-corrected chi connectivity index (χ2v) is 7.14. The van der Waals surface area contributed by atoms with Gasteiger partial charge in [0.25, 0.3) is 11.8 Å². The number of hydrogen-bond donors (Lipinski definition) is 1. The number of ether oxygens (including phenoxy) is 1. The van der Waals surface area contributed by atoms with Crippen LogP contribution < -0.4 is 10.1 Å². The summed E-state index contributed by atoms with van der Waals surface area (Å²) in [5.74, 6) is -0.00264. The van der Waals surface area contributed by atoms with Gasteiger partial charge in [-0.2, -0.15) is 0 Å². The Hall–Kier alpha value is -3.09. The first-order valence-electron chi connectivity index (χ1n) is 9.41. The Kier molecular flexibility index (Phi) is 6.13. The number of fused-ring (bicyclic) bond motifs is 1. The first-order chi connectivity index (χ1) is 13.5. The fourth-order valence-corrected chi connectivity index (χ4v) is 3.21. The standard InChI is InChI=1S/C21H25N3O4/c1-15(2)22-20(26)13-28-19-12-17-6-4-3-5-16(17)11-18(19)21(27)24-9-7-23(14-25)8-10-24/h3-6,11-12,14-15H,7-10,13H2,1-2H3,(H,22,26). The van der Waals surface area contributed by atoms with Gasteiger partial charge in [-0.05, 0) is 36.8 Å². The normalized spacial score (nSPS) is 14.2. The van der Waals surface area contributed by atoms with Crippen LogP contribution in [0.4, 0.5) is 0 Å². The van der Waals surface area contributed by atoms with E-state index in [2.05, 4.69) is 5.32 Å². The van der Waals surface area contributed by atoms with Gasteiger partial charge in [0.15, 0.2) is 6.61 Å². The summed E-state index contributed by atoms with van der Waals surface area (Å²) >= 11 is 0. The summed E-state index contributed by atoms with van der Waals surface area (Å²) in [5.41, 5.74) is 0.426. The Morgan fingerprint density at radius 1 is 1.11 bits per heavy atom. The van der Waals surface area contributed by atoms with Crippen molar-refractivity contribution in [3.05, 3.63) is 42.0 Å². The molecule has 148 valence electrons. The molecule has 2 aromatic rings. The van der Waals surface area contributed by atoms with Crippen LogP contribution in [0.1, 0.15) is 24.2 Å². The van der Waals surface area contributed by atoms with Gasteiger partial charge in [-0.15, -0.1) is 0 Å². The molecule has 0 aromatic heterocycles. The van der Waals surface area contributed by atoms with Crippen LogP contribution in [-0.2, 0) is 9.59 Å². The number of rotatable bonds is 6. The first kappa shape index (κ1) is 19.7. The van der Waals surface area contributed by atoms with E-state index >= 15 is 0 Å². The van der Waals surface area contributed by atoms with Crippen LogP contribution in [0.5, 0.6) is 5.75 Å². The minimum Gasteiger partial charge on any atom is -0.483 e. The fraction of sp³-hybridized carbons (Fsp3) is 0.381. The summed E-state index contributed by atoms with van der Waals surface area (Å²) in [4.78, 5) is 39.4. The number of benzene rings is 2. The predicted octanol–water partition coefficient (Wildman–Crippen LogP) is 1.66. The van der Waals surface area contributed by atoms with Gasteiger partial charge in [0.1, 0.15) is 5.75 Å². The van der Waals surface area contributed by atoms with Gasteiger partial charge >= 0.3 is 0 Å². The molecule has 1 fully saturated rings. The zero-order valence-corrected chi connectivity index (χ0v) is 16.2. The molecule has 3 rings (SSSR count). The van der Waals surface area contributed by atoms with E-state index in [0.717, 1.165) is 17.2 Å². The summed E-state index contributed by atoms with van der Waals surface area (Å²) in [7, 11) is 0. The number of amides is 3. The third-order valence-corrected chi connectivity index (χ3v) is 4.64. The topological polar surface area (TPSA) is 79.0 Å². The van der Waals surface area contributed by atoms with Crippen molar-refractivity contribution >= 4 is 29.0 Å². The van der Waals surface area contributed by atoms with Gasteiger partial charge in [0, 0.05) is 32.2 Å². The van der Waals surface area contributed by atoms with Crippen LogP contribution in [0, 0.1) is 0 Å². The van der Waals surface area contributed by atoms with Crippen LogP contribution in [0.25, 0.3) is 10.8 Å². The van der Waals surface area contributed by atoms with Gasteiger partial charge in [-0.3, -0.25) is 14.4 Å². The molecule has 1 N–H and O–H groups in total. The molecule has 1 aliphatic rings. The number of hydrogen-bond acceptors (Lipinski definition) is 4. The molecule has 0 unspecified atom stereocenters. The molecule has 0 bridgehead atoms. The molecule has 0 atom stereocenters. The molecule has 7 heteroatoms. The lowest BCUT2D eigenvalue weighted by Gasteiger charge is -2.33. The molecule has 3 amide bonds. The minimum absolute atomic E-state index is 0.0166. The third kappa shape index (κ3) is 4.60. The van der Waals surface area contributed by atoms with Gasteiger partial charge in [-0.25, -0.2) is 0 Å². The fourth-order valence-electron chi connectivity index (χ4n) is 3.21. The maximum absolute atomic E-state index is 13.1. The van der Waals surface area contributed by atoms with Gasteiger partial charge in [0.2, 0.25) is 6.41 Å². The van der Waals surface area contributed by atoms with E-state index in [-0.39, 0.29) is 24.5 Å². The number of nitrogens with zero attached hydrogens (tertiary/aromatic N) is 2. The third-order valence-electron chi connectivity index (χ3n) is 4.64. The monoisotopic (exact) mass is 383 g/mol. The Morgan fingerprint density at radius 3 is 2.36 bits per heavy atom. The van der Waals surface area contributed by atoms with E-state index in [9.17, 15) is 14.4 Å². The SMILES string of the molecule is CC(C)NC(=O)COc1cc2ccccc2cc1C(=O)N1CCN(C=O)CC1. The van der Waals surface area contributed by atoms with E-state index in [1.807, 2.05) is 38.1 Å². The molecule has 28 heavy (non-hydrogen) atoms. The Balaban J connectivity index is 1.85. The minimum atomic E-state index is -0.235. The lowest BCUT2D eigenvalue weighted by atomic mass is 10.0. The number of carbonyl (C=O) groups excluding carboxylic acids is 3. The molecule has 0 saturated carbocycles. The van der Waals surface area contributed by atoms with Crippen LogP contribution in [-0.4, -0.2) is 66.9 Å². The summed E-state index contributed by atoms with van der Waals surface area (Å²) < 4.78 is 5.74. The average Bonchev–Trinajstić information content (AvgIpc) is 2.70. The van der Waals surface area contributed by atoms with Crippen molar-refractivity contribution in [3.63, 3.8) is 0 Å². The second-order valence-electron chi connectivity index (χ2n) is 7.14. The number of piperazine rings is 1. The van der Waals surface area contributed by atoms with E-state index in [0.29, 0.717) is 37.5 Å². The summed E-state index contributed by atoms with van der Waals surface area (Å²) in [6.45, 7) is 5.56. The van der Waals surface area contributed by atoms with Crippen molar-refractivity contribution in [2.24, 2.45) is 0 Å². The Bertz CT molecular complexity index is 873. The van der Waals surface area contributed by atoms with E-state index < -0.39 is 0 Å². The molecule has 0 spiro atoms. The first-order valence-corrected chi connectivity index (χ1v) is 9.41. The Labute approximate surface area is 164 Å². The Morgan fingerprint density at radius 2 is 1.75 bits per heavy atom. The van der Waals surface area contributed by atoms with Crippen molar-refractivity contribution in [2.75, 3.05) is 32.8 Å². The van der Waals surface area contributed by atoms with E-state index in [4.69, 9.17) is 4.74 Å².